The lowest BCUT2D eigenvalue weighted by Crippen LogP contribution is -2.31. The van der Waals surface area contributed by atoms with Crippen LogP contribution in [0, 0.1) is 0 Å². The van der Waals surface area contributed by atoms with Crippen LogP contribution in [0.15, 0.2) is 42.7 Å². The van der Waals surface area contributed by atoms with Gasteiger partial charge in [0, 0.05) is 37.1 Å². The Morgan fingerprint density at radius 2 is 2.08 bits per heavy atom. The van der Waals surface area contributed by atoms with Crippen LogP contribution in [0.1, 0.15) is 16.8 Å². The van der Waals surface area contributed by atoms with Crippen molar-refractivity contribution in [2.24, 2.45) is 0 Å². The van der Waals surface area contributed by atoms with E-state index in [-0.39, 0.29) is 11.9 Å². The Kier molecular flexibility index (Phi) is 4.84. The van der Waals surface area contributed by atoms with Gasteiger partial charge in [-0.25, -0.2) is 0 Å². The monoisotopic (exact) mass is 327 g/mol. The van der Waals surface area contributed by atoms with Crippen molar-refractivity contribution in [2.45, 2.75) is 12.5 Å². The van der Waals surface area contributed by atoms with Crippen LogP contribution in [-0.4, -0.2) is 49.1 Å². The SMILES string of the molecule is COc1ccc(C(=O)N2CCC(Nc3cccnc3)C2)cc1OC. The molecule has 2 aromatic rings. The molecule has 1 fully saturated rings. The predicted molar refractivity (Wildman–Crippen MR) is 91.7 cm³/mol. The van der Waals surface area contributed by atoms with Crippen LogP contribution in [-0.2, 0) is 0 Å². The molecule has 1 atom stereocenters. The molecule has 24 heavy (non-hydrogen) atoms. The molecule has 0 radical (unpaired) electrons. The topological polar surface area (TPSA) is 63.7 Å². The van der Waals surface area contributed by atoms with Gasteiger partial charge in [0.2, 0.25) is 0 Å². The number of nitrogens with one attached hydrogen (secondary N) is 1. The lowest BCUT2D eigenvalue weighted by atomic mass is 10.1. The Morgan fingerprint density at radius 3 is 2.79 bits per heavy atom. The normalized spacial score (nSPS) is 16.8. The molecule has 6 heteroatoms. The molecule has 3 rings (SSSR count). The predicted octanol–water partition coefficient (Wildman–Crippen LogP) is 2.43. The number of hydrogen-bond donors (Lipinski definition) is 1. The third-order valence-electron chi connectivity index (χ3n) is 4.14. The van der Waals surface area contributed by atoms with Gasteiger partial charge in [0.25, 0.3) is 5.91 Å². The maximum Gasteiger partial charge on any atom is 0.254 e. The molecule has 6 nitrogen and oxygen atoms in total. The molecule has 126 valence electrons. The second-order valence-electron chi connectivity index (χ2n) is 5.69. The molecule has 1 aromatic carbocycles. The van der Waals surface area contributed by atoms with Crippen LogP contribution in [0.25, 0.3) is 0 Å². The maximum atomic E-state index is 12.7. The van der Waals surface area contributed by atoms with Crippen molar-refractivity contribution in [2.75, 3.05) is 32.6 Å². The Balaban J connectivity index is 1.66. The van der Waals surface area contributed by atoms with Crippen molar-refractivity contribution < 1.29 is 14.3 Å². The molecule has 0 bridgehead atoms. The van der Waals surface area contributed by atoms with Gasteiger partial charge >= 0.3 is 0 Å². The van der Waals surface area contributed by atoms with Crippen LogP contribution >= 0.6 is 0 Å². The summed E-state index contributed by atoms with van der Waals surface area (Å²) in [7, 11) is 3.14. The number of carbonyl (C=O) groups excluding carboxylic acids is 1. The van der Waals surface area contributed by atoms with E-state index in [2.05, 4.69) is 10.3 Å². The molecular formula is C18H21N3O3. The Hall–Kier alpha value is -2.76. The molecule has 2 heterocycles. The largest absolute Gasteiger partial charge is 0.493 e. The minimum absolute atomic E-state index is 0.00596. The van der Waals surface area contributed by atoms with E-state index in [9.17, 15) is 4.79 Å². The molecule has 0 spiro atoms. The first-order chi connectivity index (χ1) is 11.7. The van der Waals surface area contributed by atoms with Gasteiger partial charge in [0.15, 0.2) is 11.5 Å². The van der Waals surface area contributed by atoms with E-state index in [1.165, 1.54) is 0 Å². The van der Waals surface area contributed by atoms with Gasteiger partial charge in [-0.2, -0.15) is 0 Å². The van der Waals surface area contributed by atoms with E-state index >= 15 is 0 Å². The Bertz CT molecular complexity index is 706. The standard InChI is InChI=1S/C18H21N3O3/c1-23-16-6-5-13(10-17(16)24-2)18(22)21-9-7-15(12-21)20-14-4-3-8-19-11-14/h3-6,8,10-11,15,20H,7,9,12H2,1-2H3. The van der Waals surface area contributed by atoms with Gasteiger partial charge in [-0.05, 0) is 36.8 Å². The van der Waals surface area contributed by atoms with Crippen LogP contribution in [0.4, 0.5) is 5.69 Å². The number of aromatic nitrogens is 1. The lowest BCUT2D eigenvalue weighted by molar-refractivity contribution is 0.0791. The number of rotatable bonds is 5. The van der Waals surface area contributed by atoms with Crippen molar-refractivity contribution in [3.63, 3.8) is 0 Å². The molecule has 1 N–H and O–H groups in total. The molecule has 1 unspecified atom stereocenters. The van der Waals surface area contributed by atoms with Crippen molar-refractivity contribution in [1.29, 1.82) is 0 Å². The van der Waals surface area contributed by atoms with Gasteiger partial charge in [-0.3, -0.25) is 9.78 Å². The van der Waals surface area contributed by atoms with Gasteiger partial charge in [0.1, 0.15) is 0 Å². The molecule has 1 amide bonds. The van der Waals surface area contributed by atoms with E-state index in [0.717, 1.165) is 18.7 Å². The van der Waals surface area contributed by atoms with E-state index < -0.39 is 0 Å². The Labute approximate surface area is 141 Å². The zero-order valence-electron chi connectivity index (χ0n) is 13.9. The highest BCUT2D eigenvalue weighted by molar-refractivity contribution is 5.95. The van der Waals surface area contributed by atoms with Crippen LogP contribution in [0.2, 0.25) is 0 Å². The van der Waals surface area contributed by atoms with Crippen LogP contribution in [0.5, 0.6) is 11.5 Å². The summed E-state index contributed by atoms with van der Waals surface area (Å²) in [6.07, 6.45) is 4.44. The first kappa shape index (κ1) is 16.1. The smallest absolute Gasteiger partial charge is 0.254 e. The molecule has 0 aliphatic carbocycles. The zero-order valence-corrected chi connectivity index (χ0v) is 13.9. The summed E-state index contributed by atoms with van der Waals surface area (Å²) in [4.78, 5) is 18.7. The number of nitrogens with zero attached hydrogens (tertiary/aromatic N) is 2. The van der Waals surface area contributed by atoms with E-state index in [1.54, 1.807) is 44.8 Å². The third-order valence-corrected chi connectivity index (χ3v) is 4.14. The van der Waals surface area contributed by atoms with Gasteiger partial charge in [-0.1, -0.05) is 0 Å². The fraction of sp³-hybridized carbons (Fsp3) is 0.333. The summed E-state index contributed by atoms with van der Waals surface area (Å²) in [5, 5.41) is 3.42. The quantitative estimate of drug-likeness (QED) is 0.914. The molecule has 0 saturated carbocycles. The van der Waals surface area contributed by atoms with Crippen LogP contribution < -0.4 is 14.8 Å². The summed E-state index contributed by atoms with van der Waals surface area (Å²) in [6, 6.07) is 9.36. The number of pyridine rings is 1. The van der Waals surface area contributed by atoms with E-state index in [0.29, 0.717) is 23.6 Å². The average molecular weight is 327 g/mol. The van der Waals surface area contributed by atoms with Gasteiger partial charge in [-0.15, -0.1) is 0 Å². The lowest BCUT2D eigenvalue weighted by Gasteiger charge is -2.18. The summed E-state index contributed by atoms with van der Waals surface area (Å²) in [5.41, 5.74) is 1.58. The molecule has 1 aromatic heterocycles. The first-order valence-electron chi connectivity index (χ1n) is 7.89. The fourth-order valence-electron chi connectivity index (χ4n) is 2.90. The van der Waals surface area contributed by atoms with Crippen molar-refractivity contribution in [1.82, 2.24) is 9.88 Å². The van der Waals surface area contributed by atoms with Crippen LogP contribution in [0.3, 0.4) is 0 Å². The molecule has 1 saturated heterocycles. The number of hydrogen-bond acceptors (Lipinski definition) is 5. The summed E-state index contributed by atoms with van der Waals surface area (Å²) in [5.74, 6) is 1.19. The summed E-state index contributed by atoms with van der Waals surface area (Å²) < 4.78 is 10.5. The first-order valence-corrected chi connectivity index (χ1v) is 7.89. The van der Waals surface area contributed by atoms with Crippen molar-refractivity contribution in [3.8, 4) is 11.5 Å². The van der Waals surface area contributed by atoms with Gasteiger partial charge < -0.3 is 19.7 Å². The highest BCUT2D eigenvalue weighted by atomic mass is 16.5. The molecule has 1 aliphatic rings. The van der Waals surface area contributed by atoms with Crippen molar-refractivity contribution >= 4 is 11.6 Å². The number of methoxy groups -OCH3 is 2. The highest BCUT2D eigenvalue weighted by Crippen LogP contribution is 2.28. The van der Waals surface area contributed by atoms with E-state index in [4.69, 9.17) is 9.47 Å². The summed E-state index contributed by atoms with van der Waals surface area (Å²) >= 11 is 0. The minimum Gasteiger partial charge on any atom is -0.493 e. The maximum absolute atomic E-state index is 12.7. The summed E-state index contributed by atoms with van der Waals surface area (Å²) in [6.45, 7) is 1.40. The molecule has 1 aliphatic heterocycles. The number of benzene rings is 1. The number of ether oxygens (including phenoxy) is 2. The zero-order chi connectivity index (χ0) is 16.9. The fourth-order valence-corrected chi connectivity index (χ4v) is 2.90. The second-order valence-corrected chi connectivity index (χ2v) is 5.69. The van der Waals surface area contributed by atoms with Gasteiger partial charge in [0.05, 0.1) is 19.9 Å². The number of anilines is 1. The highest BCUT2D eigenvalue weighted by Gasteiger charge is 2.27. The average Bonchev–Trinajstić information content (AvgIpc) is 3.09. The molecular weight excluding hydrogens is 306 g/mol. The van der Waals surface area contributed by atoms with Crippen molar-refractivity contribution in [3.05, 3.63) is 48.3 Å². The van der Waals surface area contributed by atoms with E-state index in [1.807, 2.05) is 17.0 Å². The number of likely N-dealkylation sites (tertiary alicyclic amines) is 1. The second kappa shape index (κ2) is 7.21. The number of carbonyl (C=O) groups is 1. The Morgan fingerprint density at radius 1 is 1.25 bits per heavy atom. The number of amides is 1. The minimum atomic E-state index is 0.00596. The third kappa shape index (κ3) is 3.42.